The number of carboxylic acid groups (broad SMARTS) is 1. The molecule has 114 valence electrons. The fraction of sp³-hybridized carbons (Fsp3) is 0.529. The van der Waals surface area contributed by atoms with Crippen molar-refractivity contribution in [3.05, 3.63) is 34.9 Å². The number of hydrogen-bond donors (Lipinski definition) is 1. The van der Waals surface area contributed by atoms with Crippen LogP contribution in [0.3, 0.4) is 0 Å². The Labute approximate surface area is 125 Å². The van der Waals surface area contributed by atoms with Gasteiger partial charge in [-0.25, -0.2) is 4.79 Å². The van der Waals surface area contributed by atoms with Gasteiger partial charge in [-0.05, 0) is 55.9 Å². The van der Waals surface area contributed by atoms with E-state index in [-0.39, 0.29) is 11.5 Å². The second-order valence-corrected chi connectivity index (χ2v) is 5.94. The molecule has 1 heterocycles. The first kappa shape index (κ1) is 15.5. The second-order valence-electron chi connectivity index (χ2n) is 5.94. The first-order chi connectivity index (χ1) is 10.0. The molecule has 4 nitrogen and oxygen atoms in total. The number of carbonyl (C=O) groups excluding carboxylic acids is 1. The summed E-state index contributed by atoms with van der Waals surface area (Å²) >= 11 is 0. The minimum atomic E-state index is -0.991. The summed E-state index contributed by atoms with van der Waals surface area (Å²) in [6.45, 7) is 5.55. The number of carbonyl (C=O) groups is 2. The summed E-state index contributed by atoms with van der Waals surface area (Å²) in [6, 6.07) is 4.86. The van der Waals surface area contributed by atoms with Crippen molar-refractivity contribution >= 4 is 11.9 Å². The molecular weight excluding hydrogens is 266 g/mol. The maximum atomic E-state index is 12.6. The highest BCUT2D eigenvalue weighted by Crippen LogP contribution is 2.23. The van der Waals surface area contributed by atoms with Gasteiger partial charge in [0.1, 0.15) is 0 Å². The Balaban J connectivity index is 2.17. The van der Waals surface area contributed by atoms with E-state index in [1.165, 1.54) is 12.5 Å². The lowest BCUT2D eigenvalue weighted by Crippen LogP contribution is -2.40. The standard InChI is InChI=1S/C17H23NO3/c1-3-5-13-6-4-7-18(11-13)16(19)14-8-12(2)9-15(10-14)17(20)21/h8-10,13H,3-7,11H2,1-2H3,(H,20,21). The lowest BCUT2D eigenvalue weighted by molar-refractivity contribution is 0.0667. The Bertz CT molecular complexity index is 537. The largest absolute Gasteiger partial charge is 0.478 e. The number of carboxylic acids is 1. The Kier molecular flexibility index (Phi) is 4.99. The number of rotatable bonds is 4. The van der Waals surface area contributed by atoms with E-state index in [1.54, 1.807) is 12.1 Å². The van der Waals surface area contributed by atoms with Gasteiger partial charge in [-0.2, -0.15) is 0 Å². The van der Waals surface area contributed by atoms with Crippen LogP contribution in [0.25, 0.3) is 0 Å². The van der Waals surface area contributed by atoms with Gasteiger partial charge < -0.3 is 10.0 Å². The molecule has 0 aromatic heterocycles. The van der Waals surface area contributed by atoms with E-state index in [4.69, 9.17) is 5.11 Å². The Morgan fingerprint density at radius 1 is 1.29 bits per heavy atom. The van der Waals surface area contributed by atoms with Crippen molar-refractivity contribution in [1.82, 2.24) is 4.90 Å². The third kappa shape index (κ3) is 3.84. The van der Waals surface area contributed by atoms with Gasteiger partial charge in [0.25, 0.3) is 5.91 Å². The van der Waals surface area contributed by atoms with Gasteiger partial charge in [0.15, 0.2) is 0 Å². The Morgan fingerprint density at radius 3 is 2.67 bits per heavy atom. The lowest BCUT2D eigenvalue weighted by atomic mass is 9.93. The zero-order valence-corrected chi connectivity index (χ0v) is 12.8. The molecule has 1 saturated heterocycles. The summed E-state index contributed by atoms with van der Waals surface area (Å²) in [5.74, 6) is -0.450. The van der Waals surface area contributed by atoms with E-state index in [1.807, 2.05) is 11.8 Å². The third-order valence-electron chi connectivity index (χ3n) is 4.07. The number of aromatic carboxylic acids is 1. The lowest BCUT2D eigenvalue weighted by Gasteiger charge is -2.33. The van der Waals surface area contributed by atoms with E-state index in [9.17, 15) is 9.59 Å². The van der Waals surface area contributed by atoms with Crippen molar-refractivity contribution in [3.63, 3.8) is 0 Å². The number of hydrogen-bond acceptors (Lipinski definition) is 2. The first-order valence-corrected chi connectivity index (χ1v) is 7.65. The number of amides is 1. The maximum absolute atomic E-state index is 12.6. The highest BCUT2D eigenvalue weighted by atomic mass is 16.4. The SMILES string of the molecule is CCCC1CCCN(C(=O)c2cc(C)cc(C(=O)O)c2)C1. The molecule has 1 fully saturated rings. The molecule has 1 aliphatic heterocycles. The molecule has 0 radical (unpaired) electrons. The van der Waals surface area contributed by atoms with E-state index in [0.717, 1.165) is 37.9 Å². The average Bonchev–Trinajstić information content (AvgIpc) is 2.46. The van der Waals surface area contributed by atoms with Crippen LogP contribution in [-0.2, 0) is 0 Å². The smallest absolute Gasteiger partial charge is 0.335 e. The highest BCUT2D eigenvalue weighted by molar-refractivity contribution is 5.97. The summed E-state index contributed by atoms with van der Waals surface area (Å²) in [5.41, 5.74) is 1.48. The summed E-state index contributed by atoms with van der Waals surface area (Å²) in [6.07, 6.45) is 4.51. The normalized spacial score (nSPS) is 18.6. The topological polar surface area (TPSA) is 57.6 Å². The molecule has 0 spiro atoms. The zero-order valence-electron chi connectivity index (χ0n) is 12.8. The summed E-state index contributed by atoms with van der Waals surface area (Å²) in [4.78, 5) is 25.6. The molecule has 1 unspecified atom stereocenters. The summed E-state index contributed by atoms with van der Waals surface area (Å²) in [7, 11) is 0. The minimum absolute atomic E-state index is 0.0398. The van der Waals surface area contributed by atoms with Crippen molar-refractivity contribution in [3.8, 4) is 0 Å². The molecule has 1 atom stereocenters. The average molecular weight is 289 g/mol. The van der Waals surface area contributed by atoms with E-state index >= 15 is 0 Å². The van der Waals surface area contributed by atoms with Crippen LogP contribution in [0.5, 0.6) is 0 Å². The number of aryl methyl sites for hydroxylation is 1. The van der Waals surface area contributed by atoms with Gasteiger partial charge in [-0.15, -0.1) is 0 Å². The molecule has 0 saturated carbocycles. The third-order valence-corrected chi connectivity index (χ3v) is 4.07. The molecule has 4 heteroatoms. The molecule has 0 aliphatic carbocycles. The number of likely N-dealkylation sites (tertiary alicyclic amines) is 1. The van der Waals surface area contributed by atoms with Gasteiger partial charge in [-0.1, -0.05) is 13.3 Å². The molecule has 21 heavy (non-hydrogen) atoms. The molecule has 1 aliphatic rings. The second kappa shape index (κ2) is 6.74. The van der Waals surface area contributed by atoms with Crippen LogP contribution >= 0.6 is 0 Å². The fourth-order valence-corrected chi connectivity index (χ4v) is 3.11. The van der Waals surface area contributed by atoms with Crippen LogP contribution in [0.2, 0.25) is 0 Å². The fourth-order valence-electron chi connectivity index (χ4n) is 3.11. The molecule has 2 rings (SSSR count). The minimum Gasteiger partial charge on any atom is -0.478 e. The molecular formula is C17H23NO3. The van der Waals surface area contributed by atoms with Gasteiger partial charge in [0.2, 0.25) is 0 Å². The zero-order chi connectivity index (χ0) is 15.4. The molecule has 1 N–H and O–H groups in total. The van der Waals surface area contributed by atoms with Crippen molar-refractivity contribution in [2.24, 2.45) is 5.92 Å². The van der Waals surface area contributed by atoms with Crippen LogP contribution in [0.4, 0.5) is 0 Å². The van der Waals surface area contributed by atoms with Gasteiger partial charge in [-0.3, -0.25) is 4.79 Å². The van der Waals surface area contributed by atoms with E-state index in [2.05, 4.69) is 6.92 Å². The summed E-state index contributed by atoms with van der Waals surface area (Å²) in [5, 5.41) is 9.11. The summed E-state index contributed by atoms with van der Waals surface area (Å²) < 4.78 is 0. The number of benzene rings is 1. The highest BCUT2D eigenvalue weighted by Gasteiger charge is 2.24. The first-order valence-electron chi connectivity index (χ1n) is 7.65. The maximum Gasteiger partial charge on any atom is 0.335 e. The monoisotopic (exact) mass is 289 g/mol. The van der Waals surface area contributed by atoms with Crippen LogP contribution < -0.4 is 0 Å². The van der Waals surface area contributed by atoms with Gasteiger partial charge in [0.05, 0.1) is 5.56 Å². The van der Waals surface area contributed by atoms with Crippen LogP contribution in [-0.4, -0.2) is 35.0 Å². The van der Waals surface area contributed by atoms with E-state index in [0.29, 0.717) is 11.5 Å². The Morgan fingerprint density at radius 2 is 2.00 bits per heavy atom. The molecule has 1 aromatic rings. The van der Waals surface area contributed by atoms with Gasteiger partial charge in [0, 0.05) is 18.7 Å². The van der Waals surface area contributed by atoms with Crippen molar-refractivity contribution in [2.45, 2.75) is 39.5 Å². The predicted octanol–water partition coefficient (Wildman–Crippen LogP) is 3.35. The van der Waals surface area contributed by atoms with Gasteiger partial charge >= 0.3 is 5.97 Å². The molecule has 0 bridgehead atoms. The van der Waals surface area contributed by atoms with Crippen molar-refractivity contribution in [2.75, 3.05) is 13.1 Å². The van der Waals surface area contributed by atoms with Crippen LogP contribution in [0, 0.1) is 12.8 Å². The number of nitrogens with zero attached hydrogens (tertiary/aromatic N) is 1. The van der Waals surface area contributed by atoms with Crippen LogP contribution in [0.15, 0.2) is 18.2 Å². The van der Waals surface area contributed by atoms with E-state index < -0.39 is 5.97 Å². The predicted molar refractivity (Wildman–Crippen MR) is 81.7 cm³/mol. The van der Waals surface area contributed by atoms with Crippen LogP contribution in [0.1, 0.15) is 58.9 Å². The Hall–Kier alpha value is -1.84. The van der Waals surface area contributed by atoms with Crippen molar-refractivity contribution < 1.29 is 14.7 Å². The molecule has 1 aromatic carbocycles. The quantitative estimate of drug-likeness (QED) is 0.924. The molecule has 1 amide bonds. The number of piperidine rings is 1. The van der Waals surface area contributed by atoms with Crippen molar-refractivity contribution in [1.29, 1.82) is 0 Å².